The topological polar surface area (TPSA) is 41.6 Å². The van der Waals surface area contributed by atoms with Crippen molar-refractivity contribution in [2.75, 3.05) is 39.4 Å². The minimum atomic E-state index is -0.278. The summed E-state index contributed by atoms with van der Waals surface area (Å²) in [6, 6.07) is 11.0. The highest BCUT2D eigenvalue weighted by atomic mass is 16.5. The predicted octanol–water partition coefficient (Wildman–Crippen LogP) is 4.00. The average molecular weight is 399 g/mol. The van der Waals surface area contributed by atoms with Gasteiger partial charge in [0.25, 0.3) is 0 Å². The number of hydrogen-bond donors (Lipinski definition) is 1. The minimum absolute atomic E-state index is 0.127. The molecule has 4 rings (SSSR count). The molecule has 4 heteroatoms. The number of fused-ring (bicyclic) bond motifs is 2. The molecule has 1 aliphatic heterocycles. The number of nitrogens with one attached hydrogen (secondary N) is 1. The monoisotopic (exact) mass is 398 g/mol. The molecule has 1 amide bonds. The Morgan fingerprint density at radius 3 is 2.52 bits per heavy atom. The molecule has 29 heavy (non-hydrogen) atoms. The van der Waals surface area contributed by atoms with E-state index >= 15 is 0 Å². The number of nitrogens with zero attached hydrogens (tertiary/aromatic N) is 1. The molecule has 1 aromatic carbocycles. The maximum absolute atomic E-state index is 13.4. The first kappa shape index (κ1) is 20.9. The van der Waals surface area contributed by atoms with Crippen LogP contribution in [0.3, 0.4) is 0 Å². The molecule has 0 spiro atoms. The third-order valence-electron chi connectivity index (χ3n) is 7.56. The Labute approximate surface area is 176 Å². The van der Waals surface area contributed by atoms with E-state index in [0.717, 1.165) is 52.2 Å². The Kier molecular flexibility index (Phi) is 5.78. The van der Waals surface area contributed by atoms with Gasteiger partial charge < -0.3 is 10.1 Å². The highest BCUT2D eigenvalue weighted by Crippen LogP contribution is 2.61. The maximum Gasteiger partial charge on any atom is 0.226 e. The SMILES string of the molecule is CC1(C)CC2CC(C)(C(=O)NCCN3CCOCC3)CC(c3ccccc3)(C2)C1. The fourth-order valence-electron chi connectivity index (χ4n) is 6.85. The van der Waals surface area contributed by atoms with Crippen molar-refractivity contribution in [3.63, 3.8) is 0 Å². The van der Waals surface area contributed by atoms with Crippen molar-refractivity contribution < 1.29 is 9.53 Å². The molecule has 2 bridgehead atoms. The molecule has 2 saturated carbocycles. The van der Waals surface area contributed by atoms with Crippen LogP contribution in [0.4, 0.5) is 0 Å². The first-order valence-electron chi connectivity index (χ1n) is 11.4. The van der Waals surface area contributed by atoms with E-state index in [1.807, 2.05) is 0 Å². The summed E-state index contributed by atoms with van der Waals surface area (Å²) < 4.78 is 5.42. The summed E-state index contributed by atoms with van der Waals surface area (Å²) in [7, 11) is 0. The van der Waals surface area contributed by atoms with Crippen LogP contribution < -0.4 is 5.32 Å². The first-order valence-corrected chi connectivity index (χ1v) is 11.4. The highest BCUT2D eigenvalue weighted by molar-refractivity contribution is 5.82. The van der Waals surface area contributed by atoms with E-state index in [2.05, 4.69) is 61.3 Å². The quantitative estimate of drug-likeness (QED) is 0.815. The lowest BCUT2D eigenvalue weighted by atomic mass is 9.47. The van der Waals surface area contributed by atoms with E-state index in [9.17, 15) is 4.79 Å². The molecule has 0 aromatic heterocycles. The largest absolute Gasteiger partial charge is 0.379 e. The fraction of sp³-hybridized carbons (Fsp3) is 0.720. The number of carbonyl (C=O) groups excluding carboxylic acids is 1. The molecule has 1 aromatic rings. The van der Waals surface area contributed by atoms with Crippen molar-refractivity contribution in [3.8, 4) is 0 Å². The number of amides is 1. The van der Waals surface area contributed by atoms with Crippen LogP contribution in [-0.2, 0) is 14.9 Å². The van der Waals surface area contributed by atoms with Gasteiger partial charge in [-0.1, -0.05) is 51.1 Å². The highest BCUT2D eigenvalue weighted by Gasteiger charge is 2.55. The van der Waals surface area contributed by atoms with Crippen molar-refractivity contribution in [3.05, 3.63) is 35.9 Å². The predicted molar refractivity (Wildman–Crippen MR) is 117 cm³/mol. The van der Waals surface area contributed by atoms with Gasteiger partial charge in [0.1, 0.15) is 0 Å². The summed E-state index contributed by atoms with van der Waals surface area (Å²) >= 11 is 0. The second-order valence-corrected chi connectivity index (χ2v) is 10.9. The Hall–Kier alpha value is -1.39. The Balaban J connectivity index is 1.48. The molecular weight excluding hydrogens is 360 g/mol. The molecule has 160 valence electrons. The number of ether oxygens (including phenoxy) is 1. The maximum atomic E-state index is 13.4. The van der Waals surface area contributed by atoms with Crippen LogP contribution in [0.1, 0.15) is 58.4 Å². The summed E-state index contributed by atoms with van der Waals surface area (Å²) in [6.45, 7) is 12.3. The van der Waals surface area contributed by atoms with Gasteiger partial charge in [-0.15, -0.1) is 0 Å². The second kappa shape index (κ2) is 8.03. The molecule has 2 aliphatic carbocycles. The van der Waals surface area contributed by atoms with Crippen LogP contribution in [0.5, 0.6) is 0 Å². The summed E-state index contributed by atoms with van der Waals surface area (Å²) in [5.41, 5.74) is 1.62. The third-order valence-corrected chi connectivity index (χ3v) is 7.56. The molecule has 1 N–H and O–H groups in total. The Morgan fingerprint density at radius 2 is 1.79 bits per heavy atom. The summed E-state index contributed by atoms with van der Waals surface area (Å²) in [5, 5.41) is 3.30. The third kappa shape index (κ3) is 4.54. The lowest BCUT2D eigenvalue weighted by Gasteiger charge is -2.57. The van der Waals surface area contributed by atoms with Crippen molar-refractivity contribution in [2.24, 2.45) is 16.7 Å². The zero-order valence-electron chi connectivity index (χ0n) is 18.5. The van der Waals surface area contributed by atoms with Crippen LogP contribution in [0, 0.1) is 16.7 Å². The van der Waals surface area contributed by atoms with Crippen molar-refractivity contribution >= 4 is 5.91 Å². The molecule has 0 radical (unpaired) electrons. The van der Waals surface area contributed by atoms with E-state index in [1.54, 1.807) is 0 Å². The van der Waals surface area contributed by atoms with Crippen LogP contribution in [0.25, 0.3) is 0 Å². The van der Waals surface area contributed by atoms with E-state index in [0.29, 0.717) is 11.3 Å². The number of benzene rings is 1. The number of carbonyl (C=O) groups is 1. The van der Waals surface area contributed by atoms with Gasteiger partial charge in [-0.05, 0) is 54.4 Å². The van der Waals surface area contributed by atoms with E-state index in [-0.39, 0.29) is 16.7 Å². The van der Waals surface area contributed by atoms with Gasteiger partial charge in [0.2, 0.25) is 5.91 Å². The molecule has 3 aliphatic rings. The van der Waals surface area contributed by atoms with Crippen LogP contribution in [0.15, 0.2) is 30.3 Å². The first-order chi connectivity index (χ1) is 13.8. The lowest BCUT2D eigenvalue weighted by Crippen LogP contribution is -2.54. The molecule has 3 fully saturated rings. The molecule has 3 unspecified atom stereocenters. The summed E-state index contributed by atoms with van der Waals surface area (Å²) in [6.07, 6.45) is 5.63. The molecule has 3 atom stereocenters. The van der Waals surface area contributed by atoms with Crippen molar-refractivity contribution in [1.82, 2.24) is 10.2 Å². The lowest BCUT2D eigenvalue weighted by molar-refractivity contribution is -0.137. The zero-order valence-corrected chi connectivity index (χ0v) is 18.5. The van der Waals surface area contributed by atoms with Gasteiger partial charge in [-0.3, -0.25) is 9.69 Å². The minimum Gasteiger partial charge on any atom is -0.379 e. The molecular formula is C25H38N2O2. The fourth-order valence-corrected chi connectivity index (χ4v) is 6.85. The second-order valence-electron chi connectivity index (χ2n) is 10.9. The standard InChI is InChI=1S/C25H38N2O2/c1-23(2)15-20-16-24(3,22(28)26-9-10-27-11-13-29-14-12-27)19-25(17-20,18-23)21-7-5-4-6-8-21/h4-8,20H,9-19H2,1-3H3,(H,26,28). The van der Waals surface area contributed by atoms with E-state index in [1.165, 1.54) is 24.8 Å². The molecule has 4 nitrogen and oxygen atoms in total. The van der Waals surface area contributed by atoms with Crippen LogP contribution in [-0.4, -0.2) is 50.2 Å². The summed E-state index contributed by atoms with van der Waals surface area (Å²) in [5.74, 6) is 0.887. The number of morpholine rings is 1. The van der Waals surface area contributed by atoms with Crippen LogP contribution in [0.2, 0.25) is 0 Å². The van der Waals surface area contributed by atoms with Crippen molar-refractivity contribution in [2.45, 2.75) is 58.3 Å². The van der Waals surface area contributed by atoms with Gasteiger partial charge in [-0.2, -0.15) is 0 Å². The summed E-state index contributed by atoms with van der Waals surface area (Å²) in [4.78, 5) is 15.8. The average Bonchev–Trinajstić information content (AvgIpc) is 2.67. The van der Waals surface area contributed by atoms with Crippen molar-refractivity contribution in [1.29, 1.82) is 0 Å². The van der Waals surface area contributed by atoms with E-state index in [4.69, 9.17) is 4.74 Å². The Bertz CT molecular complexity index is 713. The van der Waals surface area contributed by atoms with Gasteiger partial charge >= 0.3 is 0 Å². The van der Waals surface area contributed by atoms with Gasteiger partial charge in [0.15, 0.2) is 0 Å². The number of rotatable bonds is 5. The van der Waals surface area contributed by atoms with Crippen LogP contribution >= 0.6 is 0 Å². The Morgan fingerprint density at radius 1 is 1.07 bits per heavy atom. The molecule has 1 saturated heterocycles. The molecule has 1 heterocycles. The smallest absolute Gasteiger partial charge is 0.226 e. The zero-order chi connectivity index (χ0) is 20.5. The number of hydrogen-bond acceptors (Lipinski definition) is 3. The normalized spacial score (nSPS) is 34.5. The van der Waals surface area contributed by atoms with Gasteiger partial charge in [0.05, 0.1) is 13.2 Å². The van der Waals surface area contributed by atoms with Gasteiger partial charge in [-0.25, -0.2) is 0 Å². The van der Waals surface area contributed by atoms with E-state index < -0.39 is 0 Å². The van der Waals surface area contributed by atoms with Gasteiger partial charge in [0, 0.05) is 31.6 Å².